The van der Waals surface area contributed by atoms with E-state index in [2.05, 4.69) is 6.92 Å². The Labute approximate surface area is 77.1 Å². The SMILES string of the molecule is CCCC/C=C/C(Cl)(Cl)Cl. The van der Waals surface area contributed by atoms with Gasteiger partial charge in [0.2, 0.25) is 3.79 Å². The van der Waals surface area contributed by atoms with Crippen molar-refractivity contribution in [3.63, 3.8) is 0 Å². The summed E-state index contributed by atoms with van der Waals surface area (Å²) in [4.78, 5) is 0. The Morgan fingerprint density at radius 3 is 2.30 bits per heavy atom. The number of allylic oxidation sites excluding steroid dienone is 2. The fourth-order valence-electron chi connectivity index (χ4n) is 0.539. The van der Waals surface area contributed by atoms with Crippen molar-refractivity contribution in [2.24, 2.45) is 0 Å². The largest absolute Gasteiger partial charge is 0.209 e. The predicted octanol–water partition coefficient (Wildman–Crippen LogP) is 4.10. The molecule has 0 aliphatic carbocycles. The van der Waals surface area contributed by atoms with Crippen LogP contribution in [-0.4, -0.2) is 3.79 Å². The minimum absolute atomic E-state index is 0.990. The van der Waals surface area contributed by atoms with Gasteiger partial charge in [-0.05, 0) is 12.5 Å². The molecule has 0 aromatic rings. The van der Waals surface area contributed by atoms with Crippen molar-refractivity contribution in [3.05, 3.63) is 12.2 Å². The minimum atomic E-state index is -1.21. The third-order valence-corrected chi connectivity index (χ3v) is 1.41. The standard InChI is InChI=1S/C7H11Cl3/c1-2-3-4-5-6-7(8,9)10/h5-6H,2-4H2,1H3/b6-5+. The van der Waals surface area contributed by atoms with Crippen LogP contribution in [0.25, 0.3) is 0 Å². The van der Waals surface area contributed by atoms with E-state index in [1.807, 2.05) is 6.08 Å². The first-order valence-electron chi connectivity index (χ1n) is 3.30. The summed E-state index contributed by atoms with van der Waals surface area (Å²) in [5, 5.41) is 0. The topological polar surface area (TPSA) is 0 Å². The molecule has 0 nitrogen and oxygen atoms in total. The Kier molecular flexibility index (Phi) is 5.61. The van der Waals surface area contributed by atoms with E-state index >= 15 is 0 Å². The van der Waals surface area contributed by atoms with Crippen LogP contribution in [0.5, 0.6) is 0 Å². The van der Waals surface area contributed by atoms with E-state index in [0.717, 1.165) is 12.8 Å². The van der Waals surface area contributed by atoms with Crippen LogP contribution in [0.15, 0.2) is 12.2 Å². The summed E-state index contributed by atoms with van der Waals surface area (Å²) in [6.07, 6.45) is 6.80. The zero-order chi connectivity index (χ0) is 8.04. The van der Waals surface area contributed by atoms with Gasteiger partial charge in [-0.2, -0.15) is 0 Å². The maximum atomic E-state index is 5.46. The molecule has 0 radical (unpaired) electrons. The summed E-state index contributed by atoms with van der Waals surface area (Å²) in [7, 11) is 0. The second-order valence-corrected chi connectivity index (χ2v) is 4.46. The summed E-state index contributed by atoms with van der Waals surface area (Å²) in [6.45, 7) is 2.13. The molecule has 0 aliphatic heterocycles. The van der Waals surface area contributed by atoms with Crippen molar-refractivity contribution < 1.29 is 0 Å². The van der Waals surface area contributed by atoms with E-state index in [0.29, 0.717) is 0 Å². The second kappa shape index (κ2) is 5.29. The third-order valence-electron chi connectivity index (χ3n) is 1.03. The number of halogens is 3. The molecule has 0 fully saturated rings. The van der Waals surface area contributed by atoms with Gasteiger partial charge < -0.3 is 0 Å². The van der Waals surface area contributed by atoms with Gasteiger partial charge in [0.25, 0.3) is 0 Å². The van der Waals surface area contributed by atoms with E-state index in [4.69, 9.17) is 34.8 Å². The molecule has 3 heteroatoms. The Bertz CT molecular complexity index is 102. The van der Waals surface area contributed by atoms with Gasteiger partial charge in [-0.3, -0.25) is 0 Å². The van der Waals surface area contributed by atoms with Crippen molar-refractivity contribution in [3.8, 4) is 0 Å². The zero-order valence-corrected chi connectivity index (χ0v) is 8.18. The monoisotopic (exact) mass is 200 g/mol. The summed E-state index contributed by atoms with van der Waals surface area (Å²) in [6, 6.07) is 0. The molecule has 60 valence electrons. The lowest BCUT2D eigenvalue weighted by molar-refractivity contribution is 0.813. The molecule has 0 aromatic carbocycles. The van der Waals surface area contributed by atoms with Crippen molar-refractivity contribution in [2.75, 3.05) is 0 Å². The van der Waals surface area contributed by atoms with Crippen LogP contribution in [0.4, 0.5) is 0 Å². The molecule has 0 heterocycles. The fourth-order valence-corrected chi connectivity index (χ4v) is 0.806. The normalized spacial score (nSPS) is 12.8. The Morgan fingerprint density at radius 2 is 1.90 bits per heavy atom. The van der Waals surface area contributed by atoms with Crippen molar-refractivity contribution in [1.82, 2.24) is 0 Å². The molecule has 0 atom stereocenters. The third kappa shape index (κ3) is 8.61. The number of hydrogen-bond acceptors (Lipinski definition) is 0. The minimum Gasteiger partial charge on any atom is -0.0843 e. The molecular weight excluding hydrogens is 190 g/mol. The van der Waals surface area contributed by atoms with Crippen LogP contribution in [0.2, 0.25) is 0 Å². The maximum absolute atomic E-state index is 5.46. The number of rotatable bonds is 3. The lowest BCUT2D eigenvalue weighted by atomic mass is 10.2. The zero-order valence-electron chi connectivity index (χ0n) is 5.91. The van der Waals surface area contributed by atoms with Crippen LogP contribution in [0.1, 0.15) is 26.2 Å². The van der Waals surface area contributed by atoms with Crippen LogP contribution in [0.3, 0.4) is 0 Å². The van der Waals surface area contributed by atoms with Gasteiger partial charge in [0.15, 0.2) is 0 Å². The van der Waals surface area contributed by atoms with Gasteiger partial charge in [-0.25, -0.2) is 0 Å². The van der Waals surface area contributed by atoms with Gasteiger partial charge in [0.05, 0.1) is 0 Å². The highest BCUT2D eigenvalue weighted by Gasteiger charge is 2.12. The molecule has 0 unspecified atom stereocenters. The van der Waals surface area contributed by atoms with Gasteiger partial charge in [-0.1, -0.05) is 60.6 Å². The Morgan fingerprint density at radius 1 is 1.30 bits per heavy atom. The molecular formula is C7H11Cl3. The van der Waals surface area contributed by atoms with E-state index in [1.165, 1.54) is 6.42 Å². The molecule has 0 aliphatic rings. The predicted molar refractivity (Wildman–Crippen MR) is 49.0 cm³/mol. The highest BCUT2D eigenvalue weighted by atomic mass is 35.6. The summed E-state index contributed by atoms with van der Waals surface area (Å²) in [5.41, 5.74) is 0. The highest BCUT2D eigenvalue weighted by Crippen LogP contribution is 2.27. The highest BCUT2D eigenvalue weighted by molar-refractivity contribution is 6.68. The molecule has 0 spiro atoms. The average Bonchev–Trinajstić information content (AvgIpc) is 1.78. The van der Waals surface area contributed by atoms with E-state index in [9.17, 15) is 0 Å². The summed E-state index contributed by atoms with van der Waals surface area (Å²) >= 11 is 16.4. The van der Waals surface area contributed by atoms with E-state index < -0.39 is 3.79 Å². The van der Waals surface area contributed by atoms with Crippen LogP contribution < -0.4 is 0 Å². The fraction of sp³-hybridized carbons (Fsp3) is 0.714. The quantitative estimate of drug-likeness (QED) is 0.366. The van der Waals surface area contributed by atoms with Crippen LogP contribution >= 0.6 is 34.8 Å². The van der Waals surface area contributed by atoms with Crippen molar-refractivity contribution in [1.29, 1.82) is 0 Å². The first kappa shape index (κ1) is 10.6. The van der Waals surface area contributed by atoms with Crippen molar-refractivity contribution in [2.45, 2.75) is 30.0 Å². The smallest absolute Gasteiger partial charge is 0.0843 e. The molecule has 10 heavy (non-hydrogen) atoms. The Hall–Kier alpha value is 0.610. The Balaban J connectivity index is 3.37. The van der Waals surface area contributed by atoms with E-state index in [-0.39, 0.29) is 0 Å². The maximum Gasteiger partial charge on any atom is 0.209 e. The molecule has 0 saturated carbocycles. The molecule has 0 N–H and O–H groups in total. The first-order chi connectivity index (χ1) is 4.56. The number of alkyl halides is 3. The van der Waals surface area contributed by atoms with E-state index in [1.54, 1.807) is 6.08 Å². The average molecular weight is 202 g/mol. The molecule has 0 aromatic heterocycles. The van der Waals surface area contributed by atoms with Gasteiger partial charge in [0, 0.05) is 0 Å². The lowest BCUT2D eigenvalue weighted by Gasteiger charge is -2.01. The van der Waals surface area contributed by atoms with Gasteiger partial charge in [-0.15, -0.1) is 0 Å². The summed E-state index contributed by atoms with van der Waals surface area (Å²) < 4.78 is -1.21. The molecule has 0 bridgehead atoms. The number of hydrogen-bond donors (Lipinski definition) is 0. The van der Waals surface area contributed by atoms with Gasteiger partial charge >= 0.3 is 0 Å². The van der Waals surface area contributed by atoms with Gasteiger partial charge in [0.1, 0.15) is 0 Å². The number of unbranched alkanes of at least 4 members (excludes halogenated alkanes) is 2. The summed E-state index contributed by atoms with van der Waals surface area (Å²) in [5.74, 6) is 0. The lowest BCUT2D eigenvalue weighted by Crippen LogP contribution is -1.93. The first-order valence-corrected chi connectivity index (χ1v) is 4.44. The molecule has 0 rings (SSSR count). The van der Waals surface area contributed by atoms with Crippen LogP contribution in [0, 0.1) is 0 Å². The van der Waals surface area contributed by atoms with Crippen LogP contribution in [-0.2, 0) is 0 Å². The molecule has 0 saturated heterocycles. The molecule has 0 amide bonds. The second-order valence-electron chi connectivity index (χ2n) is 2.09. The van der Waals surface area contributed by atoms with Crippen molar-refractivity contribution >= 4 is 34.8 Å².